The lowest BCUT2D eigenvalue weighted by Gasteiger charge is -2.17. The lowest BCUT2D eigenvalue weighted by atomic mass is 9.85. The molecule has 3 heteroatoms. The van der Waals surface area contributed by atoms with E-state index in [0.717, 1.165) is 44.5 Å². The van der Waals surface area contributed by atoms with Crippen LogP contribution in [-0.4, -0.2) is 0 Å². The van der Waals surface area contributed by atoms with Gasteiger partial charge in [-0.1, -0.05) is 60.7 Å². The molecule has 0 saturated heterocycles. The zero-order chi connectivity index (χ0) is 22.8. The van der Waals surface area contributed by atoms with Crippen LogP contribution in [0.4, 0.5) is 4.39 Å². The van der Waals surface area contributed by atoms with Gasteiger partial charge in [0.25, 0.3) is 0 Å². The van der Waals surface area contributed by atoms with Crippen LogP contribution in [0.5, 0.6) is 0 Å². The van der Waals surface area contributed by atoms with Gasteiger partial charge in [0.05, 0.1) is 23.3 Å². The lowest BCUT2D eigenvalue weighted by molar-refractivity contribution is 0.627. The Hall–Kier alpha value is -4.73. The van der Waals surface area contributed by atoms with Crippen molar-refractivity contribution >= 4 is 22.8 Å². The highest BCUT2D eigenvalue weighted by Gasteiger charge is 2.26. The van der Waals surface area contributed by atoms with Crippen LogP contribution in [0.3, 0.4) is 0 Å². The third kappa shape index (κ3) is 3.74. The predicted molar refractivity (Wildman–Crippen MR) is 129 cm³/mol. The molecule has 0 bridgehead atoms. The molecule has 1 aliphatic rings. The molecule has 0 amide bonds. The van der Waals surface area contributed by atoms with E-state index < -0.39 is 0 Å². The van der Waals surface area contributed by atoms with Gasteiger partial charge < -0.3 is 0 Å². The van der Waals surface area contributed by atoms with E-state index in [-0.39, 0.29) is 5.82 Å². The zero-order valence-electron chi connectivity index (χ0n) is 17.6. The molecule has 154 valence electrons. The highest BCUT2D eigenvalue weighted by Crippen LogP contribution is 2.47. The number of fused-ring (bicyclic) bond motifs is 1. The molecule has 0 heterocycles. The largest absolute Gasteiger partial charge is 0.207 e. The maximum Gasteiger partial charge on any atom is 0.123 e. The van der Waals surface area contributed by atoms with Crippen molar-refractivity contribution in [3.05, 3.63) is 142 Å². The van der Waals surface area contributed by atoms with Crippen molar-refractivity contribution in [2.45, 2.75) is 0 Å². The first kappa shape index (κ1) is 20.2. The van der Waals surface area contributed by atoms with E-state index in [0.29, 0.717) is 11.1 Å². The van der Waals surface area contributed by atoms with Gasteiger partial charge in [0.15, 0.2) is 0 Å². The molecular weight excluding hydrogens is 407 g/mol. The maximum atomic E-state index is 14.4. The molecule has 0 spiro atoms. The van der Waals surface area contributed by atoms with E-state index in [1.165, 1.54) is 6.07 Å². The van der Waals surface area contributed by atoms with Crippen molar-refractivity contribution in [2.75, 3.05) is 0 Å². The Morgan fingerprint density at radius 2 is 1.27 bits per heavy atom. The lowest BCUT2D eigenvalue weighted by Crippen LogP contribution is -1.97. The van der Waals surface area contributed by atoms with Crippen LogP contribution in [0.15, 0.2) is 97.1 Å². The average molecular weight is 424 g/mol. The van der Waals surface area contributed by atoms with E-state index >= 15 is 0 Å². The minimum Gasteiger partial charge on any atom is -0.207 e. The summed E-state index contributed by atoms with van der Waals surface area (Å²) in [5, 5.41) is 18.5. The molecular formula is C30H17FN2. The number of halogens is 1. The molecule has 0 aromatic heterocycles. The summed E-state index contributed by atoms with van der Waals surface area (Å²) in [5.74, 6) is -0.298. The van der Waals surface area contributed by atoms with E-state index in [1.54, 1.807) is 36.4 Å². The van der Waals surface area contributed by atoms with Gasteiger partial charge in [-0.05, 0) is 87.0 Å². The summed E-state index contributed by atoms with van der Waals surface area (Å²) in [6.07, 6.45) is 2.07. The monoisotopic (exact) mass is 424 g/mol. The van der Waals surface area contributed by atoms with Gasteiger partial charge in [0, 0.05) is 0 Å². The molecule has 0 aliphatic heterocycles. The summed E-state index contributed by atoms with van der Waals surface area (Å²) in [7, 11) is 0. The van der Waals surface area contributed by atoms with Gasteiger partial charge in [-0.2, -0.15) is 10.5 Å². The first-order chi connectivity index (χ1) is 16.2. The Kier molecular flexibility index (Phi) is 5.15. The van der Waals surface area contributed by atoms with E-state index in [4.69, 9.17) is 0 Å². The summed E-state index contributed by atoms with van der Waals surface area (Å²) in [5.41, 5.74) is 8.64. The molecule has 4 aromatic carbocycles. The van der Waals surface area contributed by atoms with Crippen LogP contribution in [0.25, 0.3) is 22.8 Å². The van der Waals surface area contributed by atoms with Crippen molar-refractivity contribution in [1.82, 2.24) is 0 Å². The Bertz CT molecular complexity index is 1500. The SMILES string of the molecule is N#Cc1ccc(C2=Cc3ccc(F)cc3/C2=C(\c2ccccc2)c2ccc(C#N)cc2)cc1. The number of hydrogen-bond donors (Lipinski definition) is 0. The number of hydrogen-bond acceptors (Lipinski definition) is 2. The molecule has 0 unspecified atom stereocenters. The van der Waals surface area contributed by atoms with Crippen molar-refractivity contribution in [2.24, 2.45) is 0 Å². The molecule has 2 nitrogen and oxygen atoms in total. The van der Waals surface area contributed by atoms with Crippen molar-refractivity contribution in [3.63, 3.8) is 0 Å². The van der Waals surface area contributed by atoms with Gasteiger partial charge in [-0.25, -0.2) is 4.39 Å². The normalized spacial score (nSPS) is 13.5. The number of allylic oxidation sites excluding steroid dienone is 2. The van der Waals surface area contributed by atoms with Crippen LogP contribution in [0.2, 0.25) is 0 Å². The Morgan fingerprint density at radius 1 is 0.667 bits per heavy atom. The van der Waals surface area contributed by atoms with Crippen LogP contribution in [0, 0.1) is 28.5 Å². The zero-order valence-corrected chi connectivity index (χ0v) is 17.6. The third-order valence-electron chi connectivity index (χ3n) is 5.79. The minimum absolute atomic E-state index is 0.298. The van der Waals surface area contributed by atoms with Gasteiger partial charge in [-0.15, -0.1) is 0 Å². The molecule has 5 rings (SSSR count). The van der Waals surface area contributed by atoms with Crippen molar-refractivity contribution < 1.29 is 4.39 Å². The molecule has 0 radical (unpaired) electrons. The fourth-order valence-electron chi connectivity index (χ4n) is 4.24. The number of benzene rings is 4. The molecule has 0 fully saturated rings. The first-order valence-corrected chi connectivity index (χ1v) is 10.5. The Labute approximate surface area is 191 Å². The third-order valence-corrected chi connectivity index (χ3v) is 5.79. The molecule has 0 atom stereocenters. The van der Waals surface area contributed by atoms with Crippen molar-refractivity contribution in [1.29, 1.82) is 10.5 Å². The highest BCUT2D eigenvalue weighted by molar-refractivity contribution is 6.25. The Balaban J connectivity index is 1.84. The van der Waals surface area contributed by atoms with E-state index in [9.17, 15) is 14.9 Å². The first-order valence-electron chi connectivity index (χ1n) is 10.5. The number of nitriles is 2. The number of nitrogens with zero attached hydrogens (tertiary/aromatic N) is 2. The standard InChI is InChI=1S/C30H17FN2/c31-26-15-14-25-16-27(22-10-6-20(18-32)7-11-22)30(28(25)17-26)29(23-4-2-1-3-5-23)24-12-8-21(19-33)9-13-24/h1-17H/b30-29+. The second-order valence-corrected chi connectivity index (χ2v) is 7.78. The smallest absolute Gasteiger partial charge is 0.123 e. The maximum absolute atomic E-state index is 14.4. The fourth-order valence-corrected chi connectivity index (χ4v) is 4.24. The molecule has 4 aromatic rings. The van der Waals surface area contributed by atoms with E-state index in [2.05, 4.69) is 18.2 Å². The van der Waals surface area contributed by atoms with Crippen LogP contribution >= 0.6 is 0 Å². The minimum atomic E-state index is -0.298. The number of rotatable bonds is 3. The topological polar surface area (TPSA) is 47.6 Å². The second-order valence-electron chi connectivity index (χ2n) is 7.78. The molecule has 33 heavy (non-hydrogen) atoms. The second kappa shape index (κ2) is 8.42. The molecule has 0 saturated carbocycles. The Morgan fingerprint density at radius 3 is 1.91 bits per heavy atom. The summed E-state index contributed by atoms with van der Waals surface area (Å²) in [6, 6.07) is 34.0. The van der Waals surface area contributed by atoms with Crippen molar-refractivity contribution in [3.8, 4) is 12.1 Å². The van der Waals surface area contributed by atoms with Gasteiger partial charge >= 0.3 is 0 Å². The van der Waals surface area contributed by atoms with Gasteiger partial charge in [0.1, 0.15) is 5.82 Å². The van der Waals surface area contributed by atoms with E-state index in [1.807, 2.05) is 54.6 Å². The van der Waals surface area contributed by atoms with Gasteiger partial charge in [0.2, 0.25) is 0 Å². The van der Waals surface area contributed by atoms with Crippen LogP contribution < -0.4 is 0 Å². The predicted octanol–water partition coefficient (Wildman–Crippen LogP) is 7.08. The fraction of sp³-hybridized carbons (Fsp3) is 0. The summed E-state index contributed by atoms with van der Waals surface area (Å²) in [4.78, 5) is 0. The quantitative estimate of drug-likeness (QED) is 0.353. The summed E-state index contributed by atoms with van der Waals surface area (Å²) >= 11 is 0. The van der Waals surface area contributed by atoms with Crippen LogP contribution in [-0.2, 0) is 0 Å². The summed E-state index contributed by atoms with van der Waals surface area (Å²) in [6.45, 7) is 0. The molecule has 0 N–H and O–H groups in total. The molecule has 1 aliphatic carbocycles. The summed E-state index contributed by atoms with van der Waals surface area (Å²) < 4.78 is 14.4. The highest BCUT2D eigenvalue weighted by atomic mass is 19.1. The average Bonchev–Trinajstić information content (AvgIpc) is 3.23. The van der Waals surface area contributed by atoms with Gasteiger partial charge in [-0.3, -0.25) is 0 Å². The van der Waals surface area contributed by atoms with Crippen LogP contribution in [0.1, 0.15) is 38.9 Å².